The second-order valence-electron chi connectivity index (χ2n) is 2.97. The lowest BCUT2D eigenvalue weighted by Gasteiger charge is -2.06. The van der Waals surface area contributed by atoms with Gasteiger partial charge in [-0.3, -0.25) is 4.79 Å². The lowest BCUT2D eigenvalue weighted by molar-refractivity contribution is -0.391. The van der Waals surface area contributed by atoms with E-state index in [4.69, 9.17) is 5.73 Å². The number of hydrogen-bond donors (Lipinski definition) is 1. The Labute approximate surface area is 88.2 Å². The minimum absolute atomic E-state index is 0.0740. The predicted octanol–water partition coefficient (Wildman–Crippen LogP) is 1.33. The first-order valence-corrected chi connectivity index (χ1v) is 4.08. The number of halogens is 2. The van der Waals surface area contributed by atoms with Gasteiger partial charge in [-0.25, -0.2) is 8.78 Å². The summed E-state index contributed by atoms with van der Waals surface area (Å²) in [6.45, 7) is 1.34. The van der Waals surface area contributed by atoms with Crippen molar-refractivity contribution in [2.75, 3.05) is 0 Å². The number of primary amides is 1. The molecular formula is C8H7F2N3O3. The second-order valence-corrected chi connectivity index (χ2v) is 2.97. The number of aryl methyl sites for hydroxylation is 1. The molecule has 0 aliphatic heterocycles. The molecule has 0 spiro atoms. The number of carbonyl (C=O) groups is 1. The maximum absolute atomic E-state index is 12.6. The highest BCUT2D eigenvalue weighted by atomic mass is 19.3. The van der Waals surface area contributed by atoms with E-state index in [1.165, 1.54) is 6.92 Å². The molecule has 1 amide bonds. The van der Waals surface area contributed by atoms with Gasteiger partial charge in [-0.1, -0.05) is 0 Å². The lowest BCUT2D eigenvalue weighted by Crippen LogP contribution is -2.16. The third-order valence-corrected chi connectivity index (χ3v) is 1.82. The molecule has 6 nitrogen and oxygen atoms in total. The molecule has 0 aliphatic carbocycles. The van der Waals surface area contributed by atoms with Crippen molar-refractivity contribution in [3.05, 3.63) is 33.0 Å². The van der Waals surface area contributed by atoms with Crippen LogP contribution in [0.1, 0.15) is 28.0 Å². The molecule has 86 valence electrons. The zero-order valence-corrected chi connectivity index (χ0v) is 8.11. The Balaban J connectivity index is 3.60. The molecule has 0 bridgehead atoms. The Morgan fingerprint density at radius 1 is 1.62 bits per heavy atom. The maximum Gasteiger partial charge on any atom is 0.373 e. The quantitative estimate of drug-likeness (QED) is 0.626. The first-order chi connectivity index (χ1) is 7.34. The fourth-order valence-corrected chi connectivity index (χ4v) is 1.22. The molecule has 1 aromatic rings. The molecule has 0 fully saturated rings. The van der Waals surface area contributed by atoms with Gasteiger partial charge >= 0.3 is 5.82 Å². The summed E-state index contributed by atoms with van der Waals surface area (Å²) in [5.41, 5.74) is 3.33. The van der Waals surface area contributed by atoms with Crippen molar-refractivity contribution < 1.29 is 18.5 Å². The highest BCUT2D eigenvalue weighted by Gasteiger charge is 2.30. The molecule has 8 heteroatoms. The van der Waals surface area contributed by atoms with E-state index in [2.05, 4.69) is 4.98 Å². The van der Waals surface area contributed by atoms with Gasteiger partial charge in [-0.2, -0.15) is 0 Å². The van der Waals surface area contributed by atoms with E-state index >= 15 is 0 Å². The van der Waals surface area contributed by atoms with Crippen molar-refractivity contribution in [1.82, 2.24) is 4.98 Å². The van der Waals surface area contributed by atoms with Crippen LogP contribution < -0.4 is 5.73 Å². The van der Waals surface area contributed by atoms with Crippen LogP contribution in [-0.4, -0.2) is 15.8 Å². The van der Waals surface area contributed by atoms with Crippen LogP contribution in [0.2, 0.25) is 0 Å². The van der Waals surface area contributed by atoms with Crippen LogP contribution in [-0.2, 0) is 0 Å². The topological polar surface area (TPSA) is 99.1 Å². The van der Waals surface area contributed by atoms with Crippen molar-refractivity contribution in [2.24, 2.45) is 5.73 Å². The second kappa shape index (κ2) is 4.17. The number of carbonyl (C=O) groups excluding carboxylic acids is 1. The highest BCUT2D eigenvalue weighted by molar-refractivity contribution is 5.95. The number of aromatic nitrogens is 1. The molecule has 0 atom stereocenters. The van der Waals surface area contributed by atoms with Crippen LogP contribution in [0.3, 0.4) is 0 Å². The van der Waals surface area contributed by atoms with E-state index in [0.29, 0.717) is 0 Å². The first kappa shape index (κ1) is 12.0. The number of pyridine rings is 1. The number of rotatable bonds is 3. The van der Waals surface area contributed by atoms with Gasteiger partial charge in [0, 0.05) is 6.92 Å². The van der Waals surface area contributed by atoms with Gasteiger partial charge in [-0.05, 0) is 16.0 Å². The molecule has 1 rings (SSSR count). The number of nitrogens with two attached hydrogens (primary N) is 1. The van der Waals surface area contributed by atoms with Gasteiger partial charge in [0.1, 0.15) is 5.56 Å². The summed E-state index contributed by atoms with van der Waals surface area (Å²) in [7, 11) is 0. The zero-order valence-electron chi connectivity index (χ0n) is 8.11. The fraction of sp³-hybridized carbons (Fsp3) is 0.250. The minimum Gasteiger partial charge on any atom is -0.366 e. The van der Waals surface area contributed by atoms with Crippen molar-refractivity contribution in [3.8, 4) is 0 Å². The Bertz CT molecular complexity index is 427. The number of hydrogen-bond acceptors (Lipinski definition) is 4. The van der Waals surface area contributed by atoms with Crippen molar-refractivity contribution in [3.63, 3.8) is 0 Å². The summed E-state index contributed by atoms with van der Waals surface area (Å²) >= 11 is 0. The third kappa shape index (κ3) is 2.10. The number of amides is 1. The van der Waals surface area contributed by atoms with E-state index in [1.54, 1.807) is 0 Å². The van der Waals surface area contributed by atoms with Crippen LogP contribution in [0, 0.1) is 17.0 Å². The first-order valence-electron chi connectivity index (χ1n) is 4.08. The number of alkyl halides is 2. The van der Waals surface area contributed by atoms with Crippen molar-refractivity contribution in [1.29, 1.82) is 0 Å². The summed E-state index contributed by atoms with van der Waals surface area (Å²) in [4.78, 5) is 23.7. The largest absolute Gasteiger partial charge is 0.373 e. The van der Waals surface area contributed by atoms with Crippen LogP contribution in [0.15, 0.2) is 6.07 Å². The summed E-state index contributed by atoms with van der Waals surface area (Å²) in [6, 6.07) is 0.997. The van der Waals surface area contributed by atoms with Gasteiger partial charge in [0.25, 0.3) is 6.43 Å². The molecule has 2 N–H and O–H groups in total. The molecule has 0 aromatic carbocycles. The predicted molar refractivity (Wildman–Crippen MR) is 49.1 cm³/mol. The minimum atomic E-state index is -3.18. The van der Waals surface area contributed by atoms with Gasteiger partial charge in [-0.15, -0.1) is 0 Å². The van der Waals surface area contributed by atoms with Crippen LogP contribution in [0.25, 0.3) is 0 Å². The van der Waals surface area contributed by atoms with E-state index in [-0.39, 0.29) is 5.69 Å². The Kier molecular flexibility index (Phi) is 3.11. The molecule has 0 unspecified atom stereocenters. The average Bonchev–Trinajstić information content (AvgIpc) is 2.15. The van der Waals surface area contributed by atoms with Crippen LogP contribution in [0.5, 0.6) is 0 Å². The van der Waals surface area contributed by atoms with E-state index in [9.17, 15) is 23.7 Å². The molecule has 1 heterocycles. The van der Waals surface area contributed by atoms with E-state index in [0.717, 1.165) is 6.07 Å². The molecule has 0 saturated carbocycles. The molecule has 0 aliphatic rings. The smallest absolute Gasteiger partial charge is 0.366 e. The number of nitrogens with zero attached hydrogens (tertiary/aromatic N) is 2. The maximum atomic E-state index is 12.6. The highest BCUT2D eigenvalue weighted by Crippen LogP contribution is 2.30. The third-order valence-electron chi connectivity index (χ3n) is 1.82. The van der Waals surface area contributed by atoms with Crippen LogP contribution in [0.4, 0.5) is 14.6 Å². The SMILES string of the molecule is Cc1cc(C(N)=O)c(C(F)F)c([N+](=O)[O-])n1. The van der Waals surface area contributed by atoms with E-state index < -0.39 is 34.2 Å². The summed E-state index contributed by atoms with van der Waals surface area (Å²) in [5.74, 6) is -2.19. The summed E-state index contributed by atoms with van der Waals surface area (Å²) in [5, 5.41) is 10.5. The molecule has 0 saturated heterocycles. The van der Waals surface area contributed by atoms with E-state index in [1.807, 2.05) is 0 Å². The zero-order chi connectivity index (χ0) is 12.5. The standard InChI is InChI=1S/C8H7F2N3O3/c1-3-2-4(7(11)14)5(6(9)10)8(12-3)13(15)16/h2,6H,1H3,(H2,11,14). The molecular weight excluding hydrogens is 224 g/mol. The number of nitro groups is 1. The van der Waals surface area contributed by atoms with Crippen molar-refractivity contribution >= 4 is 11.7 Å². The Hall–Kier alpha value is -2.12. The lowest BCUT2D eigenvalue weighted by atomic mass is 10.1. The van der Waals surface area contributed by atoms with Gasteiger partial charge < -0.3 is 15.8 Å². The molecule has 0 radical (unpaired) electrons. The molecule has 16 heavy (non-hydrogen) atoms. The summed E-state index contributed by atoms with van der Waals surface area (Å²) < 4.78 is 25.2. The van der Waals surface area contributed by atoms with Gasteiger partial charge in [0.15, 0.2) is 5.69 Å². The normalized spacial score (nSPS) is 10.5. The summed E-state index contributed by atoms with van der Waals surface area (Å²) in [6.07, 6.45) is -3.18. The Morgan fingerprint density at radius 3 is 2.56 bits per heavy atom. The fourth-order valence-electron chi connectivity index (χ4n) is 1.22. The van der Waals surface area contributed by atoms with Gasteiger partial charge in [0.2, 0.25) is 5.91 Å². The monoisotopic (exact) mass is 231 g/mol. The van der Waals surface area contributed by atoms with Crippen LogP contribution >= 0.6 is 0 Å². The molecule has 1 aromatic heterocycles. The van der Waals surface area contributed by atoms with Gasteiger partial charge in [0.05, 0.1) is 5.56 Å². The Morgan fingerprint density at radius 2 is 2.19 bits per heavy atom. The van der Waals surface area contributed by atoms with Crippen molar-refractivity contribution in [2.45, 2.75) is 13.3 Å². The average molecular weight is 231 g/mol.